The predicted octanol–water partition coefficient (Wildman–Crippen LogP) is 4.85. The topological polar surface area (TPSA) is 96.5 Å². The van der Waals surface area contributed by atoms with E-state index in [0.717, 1.165) is 47.9 Å². The van der Waals surface area contributed by atoms with E-state index in [1.165, 1.54) is 27.8 Å². The molecule has 2 unspecified atom stereocenters. The minimum atomic E-state index is -1.07. The van der Waals surface area contributed by atoms with Crippen molar-refractivity contribution in [3.05, 3.63) is 72.3 Å². The van der Waals surface area contributed by atoms with Crippen LogP contribution >= 0.6 is 0 Å². The quantitative estimate of drug-likeness (QED) is 0.259. The first-order chi connectivity index (χ1) is 20.7. The molecule has 0 N–H and O–H groups in total. The molecule has 2 aliphatic rings. The molecule has 0 aromatic heterocycles. The fourth-order valence-corrected chi connectivity index (χ4v) is 6.30. The van der Waals surface area contributed by atoms with Crippen molar-refractivity contribution in [1.82, 2.24) is 14.7 Å². The van der Waals surface area contributed by atoms with E-state index in [1.54, 1.807) is 14.1 Å². The number of ether oxygens (including phenoxy) is 2. The summed E-state index contributed by atoms with van der Waals surface area (Å²) in [4.78, 5) is 57.8. The fraction of sp³-hybridized carbons (Fsp3) is 0.471. The van der Waals surface area contributed by atoms with Gasteiger partial charge < -0.3 is 19.3 Å². The van der Waals surface area contributed by atoms with E-state index < -0.39 is 30.1 Å². The Kier molecular flexibility index (Phi) is 10.6. The first kappa shape index (κ1) is 31.8. The summed E-state index contributed by atoms with van der Waals surface area (Å²) in [5.41, 5.74) is 4.47. The van der Waals surface area contributed by atoms with Crippen LogP contribution in [0, 0.1) is 5.92 Å². The number of esters is 1. The van der Waals surface area contributed by atoms with E-state index >= 15 is 0 Å². The smallest absolute Gasteiger partial charge is 0.410 e. The second-order valence-electron chi connectivity index (χ2n) is 11.4. The largest absolute Gasteiger partial charge is 0.461 e. The molecule has 4 rings (SSSR count). The fourth-order valence-electron chi connectivity index (χ4n) is 6.30. The van der Waals surface area contributed by atoms with E-state index in [9.17, 15) is 19.2 Å². The number of hydrogen-bond acceptors (Lipinski definition) is 6. The predicted molar refractivity (Wildman–Crippen MR) is 164 cm³/mol. The Morgan fingerprint density at radius 2 is 1.47 bits per heavy atom. The molecule has 9 heteroatoms. The summed E-state index contributed by atoms with van der Waals surface area (Å²) in [6.45, 7) is 5.92. The molecule has 2 atom stereocenters. The molecule has 0 saturated heterocycles. The summed E-state index contributed by atoms with van der Waals surface area (Å²) in [7, 11) is 4.73. The standard InChI is InChI=1S/C34H43N3O6/c1-6-20-42-30(38)21-29(32(39)35(3)7-2)36(4)33(40)31(23-14-8-9-15-23)37(5)34(41)43-22-28-26-18-12-10-16-24(26)25-17-11-13-19-27(25)28/h6,10-13,16-19,23,28-29,31H,1,7-9,14-15,20-22H2,2-5H3. The van der Waals surface area contributed by atoms with Gasteiger partial charge in [0.05, 0.1) is 6.42 Å². The number of fused-ring (bicyclic) bond motifs is 3. The number of rotatable bonds is 12. The van der Waals surface area contributed by atoms with Crippen LogP contribution in [0.25, 0.3) is 11.1 Å². The van der Waals surface area contributed by atoms with E-state index in [0.29, 0.717) is 6.54 Å². The first-order valence-corrected chi connectivity index (χ1v) is 15.1. The highest BCUT2D eigenvalue weighted by atomic mass is 16.6. The SMILES string of the molecule is C=CCOC(=O)CC(C(=O)N(C)CC)N(C)C(=O)C(C1CCCC1)N(C)C(=O)OCC1c2ccccc2-c2ccccc21. The Labute approximate surface area is 254 Å². The molecule has 1 fully saturated rings. The van der Waals surface area contributed by atoms with Crippen LogP contribution < -0.4 is 0 Å². The van der Waals surface area contributed by atoms with Gasteiger partial charge in [-0.15, -0.1) is 0 Å². The third-order valence-electron chi connectivity index (χ3n) is 8.81. The van der Waals surface area contributed by atoms with Gasteiger partial charge in [-0.05, 0) is 47.9 Å². The van der Waals surface area contributed by atoms with Crippen molar-refractivity contribution in [1.29, 1.82) is 0 Å². The number of likely N-dealkylation sites (N-methyl/N-ethyl adjacent to an activating group) is 3. The lowest BCUT2D eigenvalue weighted by atomic mass is 9.95. The maximum Gasteiger partial charge on any atom is 0.410 e. The molecule has 43 heavy (non-hydrogen) atoms. The zero-order valence-corrected chi connectivity index (χ0v) is 25.7. The third-order valence-corrected chi connectivity index (χ3v) is 8.81. The molecule has 2 aromatic rings. The Balaban J connectivity index is 1.53. The molecule has 0 radical (unpaired) electrons. The van der Waals surface area contributed by atoms with Crippen molar-refractivity contribution in [2.75, 3.05) is 40.9 Å². The number of benzene rings is 2. The van der Waals surface area contributed by atoms with Crippen LogP contribution in [-0.4, -0.2) is 91.6 Å². The summed E-state index contributed by atoms with van der Waals surface area (Å²) in [6, 6.07) is 14.3. The number of nitrogens with zero attached hydrogens (tertiary/aromatic N) is 3. The number of carbonyl (C=O) groups is 4. The van der Waals surface area contributed by atoms with Crippen LogP contribution in [0.2, 0.25) is 0 Å². The molecule has 0 aliphatic heterocycles. The Morgan fingerprint density at radius 1 is 0.884 bits per heavy atom. The monoisotopic (exact) mass is 589 g/mol. The Hall–Kier alpha value is -4.14. The Morgan fingerprint density at radius 3 is 2.02 bits per heavy atom. The molecule has 0 bridgehead atoms. The van der Waals surface area contributed by atoms with Gasteiger partial charge in [0.1, 0.15) is 25.3 Å². The highest BCUT2D eigenvalue weighted by molar-refractivity contribution is 5.93. The van der Waals surface area contributed by atoms with Crippen molar-refractivity contribution < 1.29 is 28.7 Å². The lowest BCUT2D eigenvalue weighted by Gasteiger charge is -2.37. The van der Waals surface area contributed by atoms with Crippen LogP contribution in [0.4, 0.5) is 4.79 Å². The molecule has 0 spiro atoms. The van der Waals surface area contributed by atoms with Gasteiger partial charge in [-0.2, -0.15) is 0 Å². The second-order valence-corrected chi connectivity index (χ2v) is 11.4. The van der Waals surface area contributed by atoms with Crippen LogP contribution in [-0.2, 0) is 23.9 Å². The van der Waals surface area contributed by atoms with E-state index in [2.05, 4.69) is 30.8 Å². The second kappa shape index (κ2) is 14.4. The minimum Gasteiger partial charge on any atom is -0.461 e. The van der Waals surface area contributed by atoms with Crippen LogP contribution in [0.15, 0.2) is 61.2 Å². The highest BCUT2D eigenvalue weighted by Crippen LogP contribution is 2.44. The highest BCUT2D eigenvalue weighted by Gasteiger charge is 2.42. The summed E-state index contributed by atoms with van der Waals surface area (Å²) in [6.07, 6.45) is 4.00. The van der Waals surface area contributed by atoms with Crippen LogP contribution in [0.3, 0.4) is 0 Å². The van der Waals surface area contributed by atoms with Crippen LogP contribution in [0.5, 0.6) is 0 Å². The summed E-state index contributed by atoms with van der Waals surface area (Å²) >= 11 is 0. The zero-order valence-electron chi connectivity index (χ0n) is 25.7. The Bertz CT molecular complexity index is 1290. The molecule has 0 heterocycles. The molecule has 230 valence electrons. The normalized spacial score (nSPS) is 15.5. The van der Waals surface area contributed by atoms with Gasteiger partial charge in [-0.3, -0.25) is 19.3 Å². The van der Waals surface area contributed by atoms with Gasteiger partial charge in [0.15, 0.2) is 0 Å². The lowest BCUT2D eigenvalue weighted by molar-refractivity contribution is -0.153. The number of hydrogen-bond donors (Lipinski definition) is 0. The summed E-state index contributed by atoms with van der Waals surface area (Å²) in [5.74, 6) is -1.58. The lowest BCUT2D eigenvalue weighted by Crippen LogP contribution is -2.57. The van der Waals surface area contributed by atoms with E-state index in [1.807, 2.05) is 31.2 Å². The van der Waals surface area contributed by atoms with Crippen molar-refractivity contribution in [2.45, 2.75) is 57.0 Å². The summed E-state index contributed by atoms with van der Waals surface area (Å²) < 4.78 is 11.0. The summed E-state index contributed by atoms with van der Waals surface area (Å²) in [5, 5.41) is 0. The van der Waals surface area contributed by atoms with Gasteiger partial charge in [0, 0.05) is 33.6 Å². The van der Waals surface area contributed by atoms with Gasteiger partial charge in [0.2, 0.25) is 11.8 Å². The third kappa shape index (κ3) is 6.92. The van der Waals surface area contributed by atoms with E-state index in [-0.39, 0.29) is 37.4 Å². The van der Waals surface area contributed by atoms with E-state index in [4.69, 9.17) is 9.47 Å². The van der Waals surface area contributed by atoms with Gasteiger partial charge in [0.25, 0.3) is 0 Å². The number of carbonyl (C=O) groups excluding carboxylic acids is 4. The van der Waals surface area contributed by atoms with Crippen molar-refractivity contribution >= 4 is 23.9 Å². The number of amides is 3. The molecule has 9 nitrogen and oxygen atoms in total. The molecule has 2 aromatic carbocycles. The average Bonchev–Trinajstić information content (AvgIpc) is 3.67. The van der Waals surface area contributed by atoms with Crippen molar-refractivity contribution in [3.8, 4) is 11.1 Å². The van der Waals surface area contributed by atoms with Gasteiger partial charge in [-0.1, -0.05) is 74.0 Å². The molecule has 1 saturated carbocycles. The molecule has 2 aliphatic carbocycles. The first-order valence-electron chi connectivity index (χ1n) is 15.1. The maximum absolute atomic E-state index is 14.2. The van der Waals surface area contributed by atoms with Crippen LogP contribution in [0.1, 0.15) is 56.1 Å². The molecule has 3 amide bonds. The molecular formula is C34H43N3O6. The van der Waals surface area contributed by atoms with Gasteiger partial charge >= 0.3 is 12.1 Å². The minimum absolute atomic E-state index is 0.0102. The van der Waals surface area contributed by atoms with Gasteiger partial charge in [-0.25, -0.2) is 4.79 Å². The molecular weight excluding hydrogens is 546 g/mol. The zero-order chi connectivity index (χ0) is 31.1. The van der Waals surface area contributed by atoms with Crippen molar-refractivity contribution in [3.63, 3.8) is 0 Å². The maximum atomic E-state index is 14.2. The van der Waals surface area contributed by atoms with Crippen molar-refractivity contribution in [2.24, 2.45) is 5.92 Å². The average molecular weight is 590 g/mol.